The van der Waals surface area contributed by atoms with Crippen LogP contribution in [0.2, 0.25) is 0 Å². The summed E-state index contributed by atoms with van der Waals surface area (Å²) < 4.78 is 5.01. The first kappa shape index (κ1) is 13.8. The molecule has 106 valence electrons. The summed E-state index contributed by atoms with van der Waals surface area (Å²) in [6.07, 6.45) is 2.41. The monoisotopic (exact) mass is 266 g/mol. The molecule has 0 unspecified atom stereocenters. The predicted octanol–water partition coefficient (Wildman–Crippen LogP) is 0.240. The van der Waals surface area contributed by atoms with Crippen LogP contribution in [0, 0.1) is 5.92 Å². The Hall–Kier alpha value is -1.63. The Morgan fingerprint density at radius 1 is 1.32 bits per heavy atom. The molecule has 0 atom stereocenters. The number of nitrogens with two attached hydrogens (primary N) is 1. The third-order valence-electron chi connectivity index (χ3n) is 3.51. The molecule has 0 aromatic carbocycles. The van der Waals surface area contributed by atoms with Gasteiger partial charge in [0, 0.05) is 13.6 Å². The summed E-state index contributed by atoms with van der Waals surface area (Å²) in [5.74, 6) is 1.44. The molecule has 2 rings (SSSR count). The fraction of sp³-hybridized carbons (Fsp3) is 0.750. The van der Waals surface area contributed by atoms with Crippen LogP contribution >= 0.6 is 0 Å². The molecule has 2 heterocycles. The van der Waals surface area contributed by atoms with E-state index < -0.39 is 0 Å². The average molecular weight is 266 g/mol. The lowest BCUT2D eigenvalue weighted by Crippen LogP contribution is -2.36. The minimum atomic E-state index is 0.192. The van der Waals surface area contributed by atoms with E-state index in [9.17, 15) is 0 Å². The average Bonchev–Trinajstić information content (AvgIpc) is 2.40. The van der Waals surface area contributed by atoms with Crippen molar-refractivity contribution in [1.29, 1.82) is 0 Å². The highest BCUT2D eigenvalue weighted by Crippen LogP contribution is 2.19. The van der Waals surface area contributed by atoms with Crippen molar-refractivity contribution < 1.29 is 4.74 Å². The van der Waals surface area contributed by atoms with Crippen molar-refractivity contribution in [2.45, 2.75) is 12.8 Å². The van der Waals surface area contributed by atoms with Gasteiger partial charge in [-0.1, -0.05) is 0 Å². The van der Waals surface area contributed by atoms with E-state index in [0.717, 1.165) is 19.6 Å². The van der Waals surface area contributed by atoms with E-state index in [4.69, 9.17) is 10.5 Å². The lowest BCUT2D eigenvalue weighted by Gasteiger charge is -2.31. The zero-order valence-corrected chi connectivity index (χ0v) is 11.8. The summed E-state index contributed by atoms with van der Waals surface area (Å²) in [5, 5.41) is 0. The molecule has 0 bridgehead atoms. The standard InChI is InChI=1S/C12H22N6O/c1-17-6-4-9(5-7-17)8-18(2)11-14-10(13)15-12(16-11)19-3/h9H,4-8H2,1-3H3,(H2,13,14,15,16). The molecule has 7 heteroatoms. The van der Waals surface area contributed by atoms with Crippen LogP contribution in [0.25, 0.3) is 0 Å². The zero-order chi connectivity index (χ0) is 13.8. The summed E-state index contributed by atoms with van der Waals surface area (Å²) in [5.41, 5.74) is 5.65. The number of aromatic nitrogens is 3. The number of piperidine rings is 1. The molecule has 1 aromatic heterocycles. The van der Waals surface area contributed by atoms with Crippen molar-refractivity contribution in [3.8, 4) is 6.01 Å². The molecule has 1 aromatic rings. The van der Waals surface area contributed by atoms with Gasteiger partial charge in [-0.15, -0.1) is 0 Å². The second-order valence-corrected chi connectivity index (χ2v) is 5.11. The minimum Gasteiger partial charge on any atom is -0.467 e. The Morgan fingerprint density at radius 3 is 2.63 bits per heavy atom. The first-order valence-corrected chi connectivity index (χ1v) is 6.53. The van der Waals surface area contributed by atoms with E-state index >= 15 is 0 Å². The SMILES string of the molecule is COc1nc(N)nc(N(C)CC2CCN(C)CC2)n1. The number of ether oxygens (including phenoxy) is 1. The van der Waals surface area contributed by atoms with Crippen LogP contribution in [0.15, 0.2) is 0 Å². The summed E-state index contributed by atoms with van der Waals surface area (Å²) in [6, 6.07) is 0.262. The quantitative estimate of drug-likeness (QED) is 0.836. The van der Waals surface area contributed by atoms with Gasteiger partial charge in [0.1, 0.15) is 0 Å². The van der Waals surface area contributed by atoms with Crippen LogP contribution < -0.4 is 15.4 Å². The summed E-state index contributed by atoms with van der Waals surface area (Å²) >= 11 is 0. The Balaban J connectivity index is 1.99. The van der Waals surface area contributed by atoms with Gasteiger partial charge in [-0.3, -0.25) is 0 Å². The highest BCUT2D eigenvalue weighted by molar-refractivity contribution is 5.35. The highest BCUT2D eigenvalue weighted by Gasteiger charge is 2.19. The van der Waals surface area contributed by atoms with E-state index in [0.29, 0.717) is 11.9 Å². The molecule has 0 saturated carbocycles. The smallest absolute Gasteiger partial charge is 0.322 e. The molecular weight excluding hydrogens is 244 g/mol. The van der Waals surface area contributed by atoms with E-state index in [1.165, 1.54) is 20.0 Å². The van der Waals surface area contributed by atoms with Gasteiger partial charge < -0.3 is 20.3 Å². The zero-order valence-electron chi connectivity index (χ0n) is 11.8. The van der Waals surface area contributed by atoms with Crippen LogP contribution in [-0.4, -0.2) is 60.7 Å². The summed E-state index contributed by atoms with van der Waals surface area (Å²) in [7, 11) is 5.67. The lowest BCUT2D eigenvalue weighted by atomic mass is 9.97. The van der Waals surface area contributed by atoms with Crippen molar-refractivity contribution in [2.24, 2.45) is 5.92 Å². The third-order valence-corrected chi connectivity index (χ3v) is 3.51. The van der Waals surface area contributed by atoms with Crippen LogP contribution in [-0.2, 0) is 0 Å². The van der Waals surface area contributed by atoms with Gasteiger partial charge in [-0.2, -0.15) is 15.0 Å². The van der Waals surface area contributed by atoms with E-state index in [-0.39, 0.29) is 12.0 Å². The van der Waals surface area contributed by atoms with E-state index in [2.05, 4.69) is 26.9 Å². The second kappa shape index (κ2) is 6.01. The van der Waals surface area contributed by atoms with Gasteiger partial charge in [0.2, 0.25) is 11.9 Å². The number of nitrogens with zero attached hydrogens (tertiary/aromatic N) is 5. The van der Waals surface area contributed by atoms with Crippen LogP contribution in [0.3, 0.4) is 0 Å². The van der Waals surface area contributed by atoms with Gasteiger partial charge in [0.05, 0.1) is 7.11 Å². The number of hydrogen-bond acceptors (Lipinski definition) is 7. The lowest BCUT2D eigenvalue weighted by molar-refractivity contribution is 0.222. The Labute approximate surface area is 113 Å². The molecule has 1 aliphatic heterocycles. The normalized spacial score (nSPS) is 17.4. The number of methoxy groups -OCH3 is 1. The van der Waals surface area contributed by atoms with Crippen LogP contribution in [0.1, 0.15) is 12.8 Å². The van der Waals surface area contributed by atoms with Crippen molar-refractivity contribution in [1.82, 2.24) is 19.9 Å². The minimum absolute atomic E-state index is 0.192. The molecule has 0 spiro atoms. The van der Waals surface area contributed by atoms with Crippen LogP contribution in [0.5, 0.6) is 6.01 Å². The first-order valence-electron chi connectivity index (χ1n) is 6.53. The summed E-state index contributed by atoms with van der Waals surface area (Å²) in [6.45, 7) is 3.24. The van der Waals surface area contributed by atoms with Crippen LogP contribution in [0.4, 0.5) is 11.9 Å². The molecule has 0 radical (unpaired) electrons. The molecule has 19 heavy (non-hydrogen) atoms. The number of rotatable bonds is 4. The van der Waals surface area contributed by atoms with Crippen molar-refractivity contribution >= 4 is 11.9 Å². The molecule has 0 amide bonds. The van der Waals surface area contributed by atoms with Gasteiger partial charge in [-0.25, -0.2) is 0 Å². The van der Waals surface area contributed by atoms with Gasteiger partial charge in [0.25, 0.3) is 0 Å². The fourth-order valence-corrected chi connectivity index (χ4v) is 2.34. The number of anilines is 2. The maximum absolute atomic E-state index is 5.65. The van der Waals surface area contributed by atoms with Crippen molar-refractivity contribution in [3.63, 3.8) is 0 Å². The van der Waals surface area contributed by atoms with Gasteiger partial charge in [0.15, 0.2) is 0 Å². The summed E-state index contributed by atoms with van der Waals surface area (Å²) in [4.78, 5) is 16.7. The second-order valence-electron chi connectivity index (χ2n) is 5.11. The maximum Gasteiger partial charge on any atom is 0.322 e. The largest absolute Gasteiger partial charge is 0.467 e. The highest BCUT2D eigenvalue weighted by atomic mass is 16.5. The van der Waals surface area contributed by atoms with Gasteiger partial charge >= 0.3 is 6.01 Å². The Kier molecular flexibility index (Phi) is 4.36. The Morgan fingerprint density at radius 2 is 2.00 bits per heavy atom. The van der Waals surface area contributed by atoms with E-state index in [1.807, 2.05) is 11.9 Å². The molecule has 1 saturated heterocycles. The number of nitrogen functional groups attached to an aromatic ring is 1. The Bertz CT molecular complexity index is 419. The predicted molar refractivity (Wildman–Crippen MR) is 74.3 cm³/mol. The molecule has 7 nitrogen and oxygen atoms in total. The number of hydrogen-bond donors (Lipinski definition) is 1. The molecule has 1 fully saturated rings. The topological polar surface area (TPSA) is 80.4 Å². The number of likely N-dealkylation sites (tertiary alicyclic amines) is 1. The van der Waals surface area contributed by atoms with Gasteiger partial charge in [-0.05, 0) is 38.9 Å². The molecule has 0 aliphatic carbocycles. The van der Waals surface area contributed by atoms with Crippen molar-refractivity contribution in [3.05, 3.63) is 0 Å². The maximum atomic E-state index is 5.65. The fourth-order valence-electron chi connectivity index (χ4n) is 2.34. The first-order chi connectivity index (χ1) is 9.08. The van der Waals surface area contributed by atoms with Crippen molar-refractivity contribution in [2.75, 3.05) is 51.5 Å². The molecule has 1 aliphatic rings. The van der Waals surface area contributed by atoms with E-state index in [1.54, 1.807) is 0 Å². The third kappa shape index (κ3) is 3.66. The molecular formula is C12H22N6O. The molecule has 2 N–H and O–H groups in total.